The van der Waals surface area contributed by atoms with Gasteiger partial charge in [0.2, 0.25) is 5.91 Å². The maximum absolute atomic E-state index is 11.3. The molecule has 4 nitrogen and oxygen atoms in total. The van der Waals surface area contributed by atoms with Crippen molar-refractivity contribution in [3.8, 4) is 11.3 Å². The number of aromatic amines is 1. The Kier molecular flexibility index (Phi) is 2.68. The Labute approximate surface area is 110 Å². The number of carbonyl (C=O) groups excluding carboxylic acids is 1. The van der Waals surface area contributed by atoms with Crippen molar-refractivity contribution in [2.24, 2.45) is 0 Å². The number of halogens is 1. The number of hydrogen-bond acceptors (Lipinski definition) is 3. The first-order chi connectivity index (χ1) is 8.24. The smallest absolute Gasteiger partial charge is 0.234 e. The summed E-state index contributed by atoms with van der Waals surface area (Å²) in [4.78, 5) is 19.6. The van der Waals surface area contributed by atoms with Crippen LogP contribution >= 0.6 is 27.7 Å². The molecule has 2 heterocycles. The minimum absolute atomic E-state index is 0.0424. The normalized spacial score (nSPS) is 14.3. The lowest BCUT2D eigenvalue weighted by Gasteiger charge is -2.16. The molecule has 3 rings (SSSR count). The van der Waals surface area contributed by atoms with E-state index in [2.05, 4.69) is 31.2 Å². The van der Waals surface area contributed by atoms with Crippen LogP contribution in [-0.2, 0) is 4.79 Å². The number of nitrogens with zero attached hydrogens (tertiary/aromatic N) is 1. The van der Waals surface area contributed by atoms with E-state index in [1.165, 1.54) is 0 Å². The topological polar surface area (TPSA) is 57.8 Å². The quantitative estimate of drug-likeness (QED) is 0.851. The molecule has 1 aromatic heterocycles. The summed E-state index contributed by atoms with van der Waals surface area (Å²) in [7, 11) is 0. The zero-order valence-electron chi connectivity index (χ0n) is 8.66. The molecule has 2 aromatic rings. The molecule has 0 spiro atoms. The van der Waals surface area contributed by atoms with Crippen LogP contribution in [0.4, 0.5) is 5.69 Å². The summed E-state index contributed by atoms with van der Waals surface area (Å²) < 4.78 is 0.840. The van der Waals surface area contributed by atoms with Crippen LogP contribution < -0.4 is 5.32 Å². The van der Waals surface area contributed by atoms with E-state index in [-0.39, 0.29) is 5.91 Å². The average molecular weight is 310 g/mol. The summed E-state index contributed by atoms with van der Waals surface area (Å²) in [5.41, 5.74) is 2.68. The lowest BCUT2D eigenvalue weighted by Crippen LogP contribution is -2.18. The molecule has 0 aliphatic carbocycles. The van der Waals surface area contributed by atoms with Crippen molar-refractivity contribution in [3.63, 3.8) is 0 Å². The largest absolute Gasteiger partial charge is 0.339 e. The summed E-state index contributed by atoms with van der Waals surface area (Å²) in [6.07, 6.45) is 1.63. The van der Waals surface area contributed by atoms with Gasteiger partial charge in [0.25, 0.3) is 0 Å². The number of imidazole rings is 1. The van der Waals surface area contributed by atoms with Gasteiger partial charge in [-0.15, -0.1) is 11.8 Å². The van der Waals surface area contributed by atoms with E-state index < -0.39 is 0 Å². The van der Waals surface area contributed by atoms with Crippen molar-refractivity contribution in [1.29, 1.82) is 0 Å². The highest BCUT2D eigenvalue weighted by molar-refractivity contribution is 9.10. The van der Waals surface area contributed by atoms with Gasteiger partial charge in [0.15, 0.2) is 0 Å². The molecule has 1 amide bonds. The van der Waals surface area contributed by atoms with Crippen LogP contribution in [0.1, 0.15) is 0 Å². The van der Waals surface area contributed by atoms with Crippen LogP contribution in [0.3, 0.4) is 0 Å². The van der Waals surface area contributed by atoms with E-state index in [0.717, 1.165) is 26.4 Å². The molecule has 0 unspecified atom stereocenters. The predicted molar refractivity (Wildman–Crippen MR) is 71.1 cm³/mol. The van der Waals surface area contributed by atoms with Crippen LogP contribution in [0.15, 0.2) is 34.0 Å². The maximum Gasteiger partial charge on any atom is 0.234 e. The lowest BCUT2D eigenvalue weighted by molar-refractivity contribution is -0.113. The molecule has 1 aliphatic heterocycles. The SMILES string of the molecule is O=C1CSc2ccc(-c3nc[nH]c3Br)cc2N1. The molecule has 17 heavy (non-hydrogen) atoms. The van der Waals surface area contributed by atoms with Crippen LogP contribution in [0.5, 0.6) is 0 Å². The highest BCUT2D eigenvalue weighted by Gasteiger charge is 2.16. The van der Waals surface area contributed by atoms with E-state index >= 15 is 0 Å². The lowest BCUT2D eigenvalue weighted by atomic mass is 10.1. The summed E-state index contributed by atoms with van der Waals surface area (Å²) in [6, 6.07) is 5.96. The molecule has 0 saturated carbocycles. The number of anilines is 1. The summed E-state index contributed by atoms with van der Waals surface area (Å²) >= 11 is 4.96. The van der Waals surface area contributed by atoms with Crippen LogP contribution in [0.2, 0.25) is 0 Å². The van der Waals surface area contributed by atoms with Crippen LogP contribution in [-0.4, -0.2) is 21.6 Å². The van der Waals surface area contributed by atoms with Gasteiger partial charge in [0.1, 0.15) is 10.3 Å². The predicted octanol–water partition coefficient (Wildman–Crippen LogP) is 2.88. The number of thioether (sulfide) groups is 1. The molecule has 0 fully saturated rings. The van der Waals surface area contributed by atoms with E-state index in [1.54, 1.807) is 18.1 Å². The Morgan fingerprint density at radius 3 is 3.06 bits per heavy atom. The van der Waals surface area contributed by atoms with Gasteiger partial charge in [-0.3, -0.25) is 4.79 Å². The number of hydrogen-bond donors (Lipinski definition) is 2. The van der Waals surface area contributed by atoms with E-state index in [4.69, 9.17) is 0 Å². The van der Waals surface area contributed by atoms with Gasteiger partial charge in [-0.05, 0) is 28.1 Å². The third kappa shape index (κ3) is 1.98. The molecule has 0 bridgehead atoms. The number of nitrogens with one attached hydrogen (secondary N) is 2. The second-order valence-corrected chi connectivity index (χ2v) is 5.42. The number of amides is 1. The zero-order chi connectivity index (χ0) is 11.8. The summed E-state index contributed by atoms with van der Waals surface area (Å²) in [6.45, 7) is 0. The molecule has 6 heteroatoms. The number of carbonyl (C=O) groups is 1. The van der Waals surface area contributed by atoms with Crippen LogP contribution in [0.25, 0.3) is 11.3 Å². The fraction of sp³-hybridized carbons (Fsp3) is 0.0909. The van der Waals surface area contributed by atoms with Gasteiger partial charge < -0.3 is 10.3 Å². The van der Waals surface area contributed by atoms with Crippen molar-refractivity contribution in [1.82, 2.24) is 9.97 Å². The van der Waals surface area contributed by atoms with E-state index in [9.17, 15) is 4.79 Å². The summed E-state index contributed by atoms with van der Waals surface area (Å²) in [5, 5.41) is 2.87. The van der Waals surface area contributed by atoms with Crippen molar-refractivity contribution < 1.29 is 4.79 Å². The fourth-order valence-corrected chi connectivity index (χ4v) is 2.93. The Morgan fingerprint density at radius 2 is 2.29 bits per heavy atom. The number of fused-ring (bicyclic) bond motifs is 1. The van der Waals surface area contributed by atoms with Gasteiger partial charge in [-0.25, -0.2) is 4.98 Å². The molecular formula is C11H8BrN3OS. The van der Waals surface area contributed by atoms with E-state index in [0.29, 0.717) is 5.75 Å². The first kappa shape index (κ1) is 10.9. The Balaban J connectivity index is 2.06. The third-order valence-corrected chi connectivity index (χ3v) is 4.16. The van der Waals surface area contributed by atoms with Crippen molar-refractivity contribution >= 4 is 39.3 Å². The number of benzene rings is 1. The van der Waals surface area contributed by atoms with Crippen molar-refractivity contribution in [2.45, 2.75) is 4.90 Å². The number of aromatic nitrogens is 2. The average Bonchev–Trinajstić information content (AvgIpc) is 2.74. The maximum atomic E-state index is 11.3. The fourth-order valence-electron chi connectivity index (χ4n) is 1.71. The number of rotatable bonds is 1. The van der Waals surface area contributed by atoms with Gasteiger partial charge in [-0.1, -0.05) is 6.07 Å². The Hall–Kier alpha value is -1.27. The molecule has 0 saturated heterocycles. The second-order valence-electron chi connectivity index (χ2n) is 3.61. The Bertz CT molecular complexity index is 596. The molecule has 0 radical (unpaired) electrons. The number of H-pyrrole nitrogens is 1. The standard InChI is InChI=1S/C11H8BrN3OS/c12-11-10(13-5-14-11)6-1-2-8-7(3-6)15-9(16)4-17-8/h1-3,5H,4H2,(H,13,14)(H,15,16). The van der Waals surface area contributed by atoms with E-state index in [1.807, 2.05) is 18.2 Å². The highest BCUT2D eigenvalue weighted by Crippen LogP contribution is 2.35. The van der Waals surface area contributed by atoms with Crippen LogP contribution in [0, 0.1) is 0 Å². The minimum atomic E-state index is 0.0424. The van der Waals surface area contributed by atoms with Crippen molar-refractivity contribution in [3.05, 3.63) is 29.1 Å². The molecular weight excluding hydrogens is 302 g/mol. The monoisotopic (exact) mass is 309 g/mol. The van der Waals surface area contributed by atoms with Gasteiger partial charge in [0, 0.05) is 10.5 Å². The van der Waals surface area contributed by atoms with Gasteiger partial charge in [-0.2, -0.15) is 0 Å². The zero-order valence-corrected chi connectivity index (χ0v) is 11.1. The first-order valence-corrected chi connectivity index (χ1v) is 6.78. The molecule has 86 valence electrons. The highest BCUT2D eigenvalue weighted by atomic mass is 79.9. The van der Waals surface area contributed by atoms with Gasteiger partial charge in [0.05, 0.1) is 17.8 Å². The molecule has 0 atom stereocenters. The minimum Gasteiger partial charge on any atom is -0.339 e. The van der Waals surface area contributed by atoms with Gasteiger partial charge >= 0.3 is 0 Å². The molecule has 2 N–H and O–H groups in total. The molecule has 1 aliphatic rings. The Morgan fingerprint density at radius 1 is 1.41 bits per heavy atom. The van der Waals surface area contributed by atoms with Crippen molar-refractivity contribution in [2.75, 3.05) is 11.1 Å². The third-order valence-electron chi connectivity index (χ3n) is 2.48. The first-order valence-electron chi connectivity index (χ1n) is 5.00. The summed E-state index contributed by atoms with van der Waals surface area (Å²) in [5.74, 6) is 0.527. The second kappa shape index (κ2) is 4.19. The molecule has 1 aromatic carbocycles.